The van der Waals surface area contributed by atoms with Gasteiger partial charge in [-0.15, -0.1) is 0 Å². The molecule has 1 fully saturated rings. The van der Waals surface area contributed by atoms with Gasteiger partial charge in [0.1, 0.15) is 5.60 Å². The number of pyridine rings is 1. The molecule has 0 bridgehead atoms. The van der Waals surface area contributed by atoms with Gasteiger partial charge in [-0.3, -0.25) is 4.40 Å². The van der Waals surface area contributed by atoms with Crippen LogP contribution in [0.15, 0.2) is 22.9 Å². The molecule has 0 aromatic carbocycles. The van der Waals surface area contributed by atoms with Crippen LogP contribution in [0.2, 0.25) is 0 Å². The fourth-order valence-electron chi connectivity index (χ4n) is 3.55. The van der Waals surface area contributed by atoms with Gasteiger partial charge in [-0.05, 0) is 62.5 Å². The molecule has 29 heavy (non-hydrogen) atoms. The van der Waals surface area contributed by atoms with Gasteiger partial charge in [-0.25, -0.2) is 14.8 Å². The highest BCUT2D eigenvalue weighted by Gasteiger charge is 2.28. The first-order valence-electron chi connectivity index (χ1n) is 9.75. The van der Waals surface area contributed by atoms with Gasteiger partial charge in [-0.1, -0.05) is 0 Å². The Balaban J connectivity index is 1.55. The van der Waals surface area contributed by atoms with Crippen LogP contribution in [0.1, 0.15) is 39.3 Å². The van der Waals surface area contributed by atoms with E-state index in [9.17, 15) is 4.79 Å². The normalized spacial score (nSPS) is 17.7. The summed E-state index contributed by atoms with van der Waals surface area (Å²) in [6, 6.07) is 2.05. The van der Waals surface area contributed by atoms with Crippen LogP contribution in [0.4, 0.5) is 10.7 Å². The predicted octanol–water partition coefficient (Wildman–Crippen LogP) is 4.16. The molecule has 0 aliphatic carbocycles. The summed E-state index contributed by atoms with van der Waals surface area (Å²) < 4.78 is 8.38. The molecule has 1 amide bonds. The van der Waals surface area contributed by atoms with Crippen LogP contribution in [0.3, 0.4) is 0 Å². The summed E-state index contributed by atoms with van der Waals surface area (Å²) in [6.07, 6.45) is 5.34. The number of hydrogen-bond donors (Lipinski definition) is 1. The zero-order valence-corrected chi connectivity index (χ0v) is 18.7. The van der Waals surface area contributed by atoms with Gasteiger partial charge in [0, 0.05) is 36.9 Å². The van der Waals surface area contributed by atoms with Crippen molar-refractivity contribution in [3.05, 3.63) is 28.6 Å². The number of ether oxygens (including phenoxy) is 1. The number of aromatic nitrogens is 4. The summed E-state index contributed by atoms with van der Waals surface area (Å²) in [6.45, 7) is 8.86. The van der Waals surface area contributed by atoms with Crippen molar-refractivity contribution in [2.45, 2.75) is 52.2 Å². The van der Waals surface area contributed by atoms with E-state index in [0.29, 0.717) is 19.0 Å². The number of piperidine rings is 1. The maximum Gasteiger partial charge on any atom is 0.410 e. The van der Waals surface area contributed by atoms with Crippen molar-refractivity contribution in [2.75, 3.05) is 18.4 Å². The third-order valence-corrected chi connectivity index (χ3v) is 5.34. The van der Waals surface area contributed by atoms with Gasteiger partial charge in [0.15, 0.2) is 11.3 Å². The quantitative estimate of drug-likeness (QED) is 0.617. The molecule has 154 valence electrons. The number of amides is 1. The average molecular weight is 461 g/mol. The Labute approximate surface area is 177 Å². The van der Waals surface area contributed by atoms with Gasteiger partial charge in [-0.2, -0.15) is 4.98 Å². The number of anilines is 1. The average Bonchev–Trinajstić information content (AvgIpc) is 3.04. The molecule has 9 heteroatoms. The fraction of sp³-hybridized carbons (Fsp3) is 0.500. The van der Waals surface area contributed by atoms with E-state index in [0.717, 1.165) is 39.7 Å². The second-order valence-electron chi connectivity index (χ2n) is 8.45. The Hall–Kier alpha value is -2.42. The zero-order valence-electron chi connectivity index (χ0n) is 17.1. The van der Waals surface area contributed by atoms with Crippen LogP contribution in [0.25, 0.3) is 16.7 Å². The molecule has 3 aromatic rings. The Morgan fingerprint density at radius 1 is 1.31 bits per heavy atom. The second kappa shape index (κ2) is 7.44. The van der Waals surface area contributed by atoms with Crippen LogP contribution >= 0.6 is 15.9 Å². The van der Waals surface area contributed by atoms with E-state index in [1.165, 1.54) is 0 Å². The summed E-state index contributed by atoms with van der Waals surface area (Å²) in [7, 11) is 0. The summed E-state index contributed by atoms with van der Waals surface area (Å²) in [4.78, 5) is 27.9. The van der Waals surface area contributed by atoms with Crippen molar-refractivity contribution in [1.29, 1.82) is 0 Å². The molecule has 1 atom stereocenters. The monoisotopic (exact) mass is 460 g/mol. The highest BCUT2D eigenvalue weighted by atomic mass is 79.9. The predicted molar refractivity (Wildman–Crippen MR) is 115 cm³/mol. The van der Waals surface area contributed by atoms with E-state index >= 15 is 0 Å². The van der Waals surface area contributed by atoms with Crippen LogP contribution in [0.5, 0.6) is 0 Å². The van der Waals surface area contributed by atoms with Gasteiger partial charge >= 0.3 is 6.09 Å². The molecule has 4 heterocycles. The number of imidazole rings is 1. The fourth-order valence-corrected chi connectivity index (χ4v) is 4.07. The number of nitrogens with one attached hydrogen (secondary N) is 1. The lowest BCUT2D eigenvalue weighted by atomic mass is 10.1. The Kier molecular flexibility index (Phi) is 5.10. The Morgan fingerprint density at radius 2 is 2.10 bits per heavy atom. The van der Waals surface area contributed by atoms with Crippen LogP contribution in [-0.4, -0.2) is 55.1 Å². The van der Waals surface area contributed by atoms with E-state index in [1.807, 2.05) is 44.4 Å². The number of carbonyl (C=O) groups excluding carboxylic acids is 1. The molecule has 0 radical (unpaired) electrons. The molecule has 1 unspecified atom stereocenters. The van der Waals surface area contributed by atoms with Gasteiger partial charge in [0.2, 0.25) is 5.95 Å². The molecule has 1 aliphatic heterocycles. The zero-order chi connectivity index (χ0) is 20.8. The van der Waals surface area contributed by atoms with Gasteiger partial charge in [0.25, 0.3) is 0 Å². The largest absolute Gasteiger partial charge is 0.444 e. The number of nitrogens with zero attached hydrogens (tertiary/aromatic N) is 5. The number of likely N-dealkylation sites (tertiary alicyclic amines) is 1. The highest BCUT2D eigenvalue weighted by molar-refractivity contribution is 9.10. The van der Waals surface area contributed by atoms with Crippen molar-refractivity contribution >= 4 is 44.7 Å². The second-order valence-corrected chi connectivity index (χ2v) is 9.30. The van der Waals surface area contributed by atoms with E-state index in [2.05, 4.69) is 31.2 Å². The molecule has 4 rings (SSSR count). The van der Waals surface area contributed by atoms with Gasteiger partial charge in [0.05, 0.1) is 10.2 Å². The Morgan fingerprint density at radius 3 is 2.86 bits per heavy atom. The molecular formula is C20H25BrN6O2. The standard InChI is InChI=1S/C20H25BrN6O2/c1-12-10-27-16-13(8-15(21)17(27)23-12)9-22-18(25-16)24-14-6-5-7-26(11-14)19(28)29-20(2,3)4/h8-10,14H,5-7,11H2,1-4H3,(H,22,24,25). The number of halogens is 1. The first kappa shape index (κ1) is 19.9. The molecule has 0 saturated carbocycles. The molecule has 0 spiro atoms. The topological polar surface area (TPSA) is 84.7 Å². The first-order valence-corrected chi connectivity index (χ1v) is 10.5. The lowest BCUT2D eigenvalue weighted by Crippen LogP contribution is -2.47. The summed E-state index contributed by atoms with van der Waals surface area (Å²) in [5, 5.41) is 4.31. The lowest BCUT2D eigenvalue weighted by Gasteiger charge is -2.34. The highest BCUT2D eigenvalue weighted by Crippen LogP contribution is 2.25. The van der Waals surface area contributed by atoms with Gasteiger partial charge < -0.3 is 15.0 Å². The molecule has 1 N–H and O–H groups in total. The smallest absolute Gasteiger partial charge is 0.410 e. The third-order valence-electron chi connectivity index (χ3n) is 4.75. The van der Waals surface area contributed by atoms with Crippen molar-refractivity contribution in [1.82, 2.24) is 24.3 Å². The van der Waals surface area contributed by atoms with E-state index < -0.39 is 5.60 Å². The molecule has 1 saturated heterocycles. The summed E-state index contributed by atoms with van der Waals surface area (Å²) >= 11 is 3.57. The number of aryl methyl sites for hydroxylation is 1. The Bertz CT molecular complexity index is 1070. The molecular weight excluding hydrogens is 436 g/mol. The molecule has 3 aromatic heterocycles. The number of carbonyl (C=O) groups is 1. The minimum Gasteiger partial charge on any atom is -0.444 e. The number of hydrogen-bond acceptors (Lipinski definition) is 6. The maximum absolute atomic E-state index is 12.4. The van der Waals surface area contributed by atoms with Crippen molar-refractivity contribution in [3.8, 4) is 0 Å². The van der Waals surface area contributed by atoms with Crippen LogP contribution < -0.4 is 5.32 Å². The SMILES string of the molecule is Cc1cn2c(n1)c(Br)cc1cnc(NC3CCCN(C(=O)OC(C)(C)C)C3)nc12. The van der Waals surface area contributed by atoms with Crippen molar-refractivity contribution in [2.24, 2.45) is 0 Å². The van der Waals surface area contributed by atoms with E-state index in [-0.39, 0.29) is 12.1 Å². The first-order chi connectivity index (χ1) is 13.7. The van der Waals surface area contributed by atoms with Crippen LogP contribution in [0, 0.1) is 6.92 Å². The van der Waals surface area contributed by atoms with Crippen LogP contribution in [-0.2, 0) is 4.74 Å². The molecule has 1 aliphatic rings. The van der Waals surface area contributed by atoms with E-state index in [4.69, 9.17) is 9.72 Å². The van der Waals surface area contributed by atoms with E-state index in [1.54, 1.807) is 11.1 Å². The third kappa shape index (κ3) is 4.29. The molecule has 8 nitrogen and oxygen atoms in total. The number of rotatable bonds is 2. The minimum absolute atomic E-state index is 0.0733. The maximum atomic E-state index is 12.4. The minimum atomic E-state index is -0.499. The van der Waals surface area contributed by atoms with Crippen molar-refractivity contribution in [3.63, 3.8) is 0 Å². The van der Waals surface area contributed by atoms with Crippen molar-refractivity contribution < 1.29 is 9.53 Å². The number of fused-ring (bicyclic) bond motifs is 3. The summed E-state index contributed by atoms with van der Waals surface area (Å²) in [5.74, 6) is 0.545. The summed E-state index contributed by atoms with van der Waals surface area (Å²) in [5.41, 5.74) is 2.04. The lowest BCUT2D eigenvalue weighted by molar-refractivity contribution is 0.0206.